The van der Waals surface area contributed by atoms with E-state index in [1.807, 2.05) is 0 Å². The molecule has 48 heavy (non-hydrogen) atoms. The van der Waals surface area contributed by atoms with Crippen molar-refractivity contribution in [1.82, 2.24) is 0 Å². The molecule has 0 heteroatoms. The van der Waals surface area contributed by atoms with Crippen LogP contribution in [-0.4, -0.2) is 0 Å². The summed E-state index contributed by atoms with van der Waals surface area (Å²) in [5.41, 5.74) is -10.5. The molecule has 0 spiro atoms. The highest BCUT2D eigenvalue weighted by atomic mass is 14.3. The van der Waals surface area contributed by atoms with Gasteiger partial charge >= 0.3 is 0 Å². The average molecular weight is 641 g/mol. The Labute approximate surface area is 326 Å². The summed E-state index contributed by atoms with van der Waals surface area (Å²) in [5, 5.41) is -5.22. The minimum Gasteiger partial charge on any atom is -0.0622 e. The summed E-state index contributed by atoms with van der Waals surface area (Å²) in [4.78, 5) is 0. The van der Waals surface area contributed by atoms with Gasteiger partial charge in [0.2, 0.25) is 0 Å². The van der Waals surface area contributed by atoms with E-state index in [4.69, 9.17) is 27.4 Å². The lowest BCUT2D eigenvalue weighted by Gasteiger charge is -2.23. The number of hydrogen-bond acceptors (Lipinski definition) is 0. The lowest BCUT2D eigenvalue weighted by molar-refractivity contribution is 1.56. The molecule has 0 radical (unpaired) electrons. The van der Waals surface area contributed by atoms with Gasteiger partial charge in [0.25, 0.3) is 0 Å². The monoisotopic (exact) mass is 640 g/mol. The Morgan fingerprint density at radius 2 is 0.667 bits per heavy atom. The lowest BCUT2D eigenvalue weighted by atomic mass is 9.79. The Morgan fingerprint density at radius 1 is 0.250 bits per heavy atom. The van der Waals surface area contributed by atoms with Crippen LogP contribution in [0.15, 0.2) is 193 Å². The molecule has 0 amide bonds. The van der Waals surface area contributed by atoms with Gasteiger partial charge in [0.05, 0.1) is 43.9 Å². The van der Waals surface area contributed by atoms with E-state index in [-0.39, 0.29) is 0 Å². The second-order valence-corrected chi connectivity index (χ2v) is 10.0. The molecule has 9 aromatic carbocycles. The summed E-state index contributed by atoms with van der Waals surface area (Å²) < 4.78 is 291. The van der Waals surface area contributed by atoms with Gasteiger partial charge in [0.1, 0.15) is 0 Å². The third-order valence-corrected chi connectivity index (χ3v) is 7.38. The van der Waals surface area contributed by atoms with Crippen LogP contribution in [0.3, 0.4) is 0 Å². The minimum atomic E-state index is -1.32. The molecule has 224 valence electrons. The van der Waals surface area contributed by atoms with Crippen LogP contribution in [-0.2, 0) is 0 Å². The molecule has 0 unspecified atom stereocenters. The first-order valence-corrected chi connectivity index (χ1v) is 14.0. The van der Waals surface area contributed by atoms with Crippen LogP contribution in [0.25, 0.3) is 88.0 Å². The molecular weight excluding hydrogens is 577 g/mol. The van der Waals surface area contributed by atoms with E-state index >= 15 is 0 Å². The second kappa shape index (κ2) is 11.8. The predicted molar refractivity (Wildman–Crippen MR) is 206 cm³/mol. The van der Waals surface area contributed by atoms with Crippen LogP contribution < -0.4 is 0 Å². The van der Waals surface area contributed by atoms with Crippen molar-refractivity contribution < 1.29 is 43.9 Å². The predicted octanol–water partition coefficient (Wildman–Crippen LogP) is 13.5. The highest BCUT2D eigenvalue weighted by molar-refractivity contribution is 6.24. The van der Waals surface area contributed by atoms with Crippen molar-refractivity contribution in [3.63, 3.8) is 0 Å². The summed E-state index contributed by atoms with van der Waals surface area (Å²) in [6.07, 6.45) is 0. The lowest BCUT2D eigenvalue weighted by Crippen LogP contribution is -1.96. The van der Waals surface area contributed by atoms with Gasteiger partial charge in [-0.25, -0.2) is 0 Å². The first-order valence-electron chi connectivity index (χ1n) is 30.0. The molecule has 0 fully saturated rings. The van der Waals surface area contributed by atoms with E-state index in [9.17, 15) is 16.4 Å². The van der Waals surface area contributed by atoms with E-state index in [1.54, 1.807) is 0 Å². The summed E-state index contributed by atoms with van der Waals surface area (Å²) in [6.45, 7) is 0. The molecule has 0 saturated heterocycles. The first-order chi connectivity index (χ1) is 37.1. The maximum atomic E-state index is 10.3. The molecule has 0 atom stereocenters. The Bertz CT molecular complexity index is 4160. The van der Waals surface area contributed by atoms with Crippen molar-refractivity contribution in [1.29, 1.82) is 0 Å². The van der Waals surface area contributed by atoms with Crippen molar-refractivity contribution in [3.05, 3.63) is 193 Å². The highest BCUT2D eigenvalue weighted by Crippen LogP contribution is 2.50. The van der Waals surface area contributed by atoms with Crippen LogP contribution in [0, 0.1) is 0 Å². The van der Waals surface area contributed by atoms with Crippen LogP contribution in [0.1, 0.15) is 43.9 Å². The topological polar surface area (TPSA) is 0 Å². The molecule has 0 aliphatic rings. The van der Waals surface area contributed by atoms with Gasteiger partial charge in [-0.2, -0.15) is 0 Å². The van der Waals surface area contributed by atoms with Gasteiger partial charge in [0.15, 0.2) is 0 Å². The number of hydrogen-bond donors (Lipinski definition) is 0. The molecule has 0 aromatic heterocycles. The van der Waals surface area contributed by atoms with Crippen molar-refractivity contribution >= 4 is 32.3 Å². The molecule has 0 N–H and O–H groups in total. The van der Waals surface area contributed by atoms with Crippen LogP contribution >= 0.6 is 0 Å². The second-order valence-electron chi connectivity index (χ2n) is 10.0. The smallest absolute Gasteiger partial charge is 0.0622 e. The van der Waals surface area contributed by atoms with Gasteiger partial charge < -0.3 is 0 Å². The Hall–Kier alpha value is -6.24. The van der Waals surface area contributed by atoms with E-state index < -0.39 is 281 Å². The first kappa shape index (κ1) is 10.4. The minimum absolute atomic E-state index is 0.693. The van der Waals surface area contributed by atoms with Crippen LogP contribution in [0.5, 0.6) is 0 Å². The molecule has 9 rings (SSSR count). The standard InChI is InChI=1S/C48H32/c1-4-17-34(18-5-1)44-31-39(38-29-28-33-16-10-11-23-37(33)30-38)32-45(35-19-6-2-7-20-35)48(44)47-42-26-14-12-24-40(42)46(36-21-8-3-9-22-36)41-25-13-15-27-43(41)47/h1-32H/i1D,2D,3D,4D,5D,6D,7D,8D,9D,10D,11D,12D,13D,14D,15D,16D,17D,18D,19D,20D,21D,22D,23D,24D,25D,26D,27D,28D,29D,30D,31D,32D. The van der Waals surface area contributed by atoms with Crippen molar-refractivity contribution in [2.45, 2.75) is 0 Å². The Morgan fingerprint density at radius 3 is 1.19 bits per heavy atom. The van der Waals surface area contributed by atoms with Crippen molar-refractivity contribution in [2.24, 2.45) is 0 Å². The van der Waals surface area contributed by atoms with Crippen molar-refractivity contribution in [3.8, 4) is 55.6 Å². The van der Waals surface area contributed by atoms with Crippen molar-refractivity contribution in [2.75, 3.05) is 0 Å². The number of rotatable bonds is 5. The third kappa shape index (κ3) is 4.78. The molecule has 0 nitrogen and oxygen atoms in total. The zero-order valence-electron chi connectivity index (χ0n) is 56.0. The summed E-state index contributed by atoms with van der Waals surface area (Å²) in [7, 11) is 0. The zero-order chi connectivity index (χ0) is 59.7. The fourth-order valence-electron chi connectivity index (χ4n) is 5.44. The Kier molecular flexibility index (Phi) is 2.56. The normalized spacial score (nSPS) is 20.7. The van der Waals surface area contributed by atoms with Gasteiger partial charge in [-0.3, -0.25) is 0 Å². The van der Waals surface area contributed by atoms with Crippen LogP contribution in [0.4, 0.5) is 0 Å². The molecule has 0 saturated carbocycles. The quantitative estimate of drug-likeness (QED) is 0.164. The fourth-order valence-corrected chi connectivity index (χ4v) is 5.44. The summed E-state index contributed by atoms with van der Waals surface area (Å²) in [6, 6.07) is -35.6. The molecule has 0 bridgehead atoms. The zero-order valence-corrected chi connectivity index (χ0v) is 24.0. The maximum absolute atomic E-state index is 10.3. The van der Waals surface area contributed by atoms with E-state index in [2.05, 4.69) is 0 Å². The van der Waals surface area contributed by atoms with Gasteiger partial charge in [0, 0.05) is 0 Å². The van der Waals surface area contributed by atoms with Gasteiger partial charge in [-0.05, 0) is 106 Å². The van der Waals surface area contributed by atoms with E-state index in [0.29, 0.717) is 0 Å². The molecular formula is C48H32. The molecule has 0 heterocycles. The molecule has 9 aromatic rings. The summed E-state index contributed by atoms with van der Waals surface area (Å²) in [5.74, 6) is 0. The van der Waals surface area contributed by atoms with Gasteiger partial charge in [-0.15, -0.1) is 0 Å². The van der Waals surface area contributed by atoms with Crippen LogP contribution in [0.2, 0.25) is 0 Å². The number of benzene rings is 9. The SMILES string of the molecule is [2H]c1c([2H])c([2H])c(-c2c([2H])c(-c3c([2H])c([2H])c4c([2H])c([2H])c([2H])c([2H])c4c3[2H])c([2H])c(-c3c([2H])c([2H])c([2H])c([2H])c3[2H])c2-c2c3c([2H])c([2H])c([2H])c([2H])c3c(-c3c([2H])c([2H])c([2H])c([2H])c3[2H])c3c([2H])c([2H])c([2H])c([2H])c23)c([2H])c1[2H]. The number of fused-ring (bicyclic) bond motifs is 3. The average Bonchev–Trinajstić information content (AvgIpc) is 2.51. The molecule has 0 aliphatic carbocycles. The fraction of sp³-hybridized carbons (Fsp3) is 0. The third-order valence-electron chi connectivity index (χ3n) is 7.38. The highest BCUT2D eigenvalue weighted by Gasteiger charge is 2.23. The van der Waals surface area contributed by atoms with E-state index in [1.165, 1.54) is 0 Å². The Balaban J connectivity index is 1.79. The van der Waals surface area contributed by atoms with Gasteiger partial charge in [-0.1, -0.05) is 175 Å². The molecule has 0 aliphatic heterocycles. The maximum Gasteiger partial charge on any atom is 0.0636 e. The summed E-state index contributed by atoms with van der Waals surface area (Å²) >= 11 is 0. The largest absolute Gasteiger partial charge is 0.0636 e. The van der Waals surface area contributed by atoms with E-state index in [0.717, 1.165) is 0 Å².